The van der Waals surface area contributed by atoms with Crippen molar-refractivity contribution < 1.29 is 0 Å². The number of fused-ring (bicyclic) bond motifs is 4. The van der Waals surface area contributed by atoms with Gasteiger partial charge in [-0.1, -0.05) is 142 Å². The highest BCUT2D eigenvalue weighted by molar-refractivity contribution is 6.17. The Bertz CT molecular complexity index is 2120. The molecular weight excluding hydrogens is 498 g/mol. The lowest BCUT2D eigenvalue weighted by Gasteiger charge is -2.24. The van der Waals surface area contributed by atoms with Crippen molar-refractivity contribution in [3.8, 4) is 33.5 Å². The molecule has 0 aliphatic heterocycles. The minimum absolute atomic E-state index is 0.00284. The van der Waals surface area contributed by atoms with Crippen LogP contribution in [0.1, 0.15) is 26.3 Å². The molecule has 0 fully saturated rings. The van der Waals surface area contributed by atoms with Gasteiger partial charge in [0.2, 0.25) is 0 Å². The van der Waals surface area contributed by atoms with Crippen molar-refractivity contribution in [1.29, 1.82) is 0 Å². The highest BCUT2D eigenvalue weighted by atomic mass is 16.1. The average Bonchev–Trinajstić information content (AvgIpc) is 3.01. The van der Waals surface area contributed by atoms with Crippen LogP contribution in [0.4, 0.5) is 0 Å². The maximum Gasteiger partial charge on any atom is 0.263 e. The Hall–Kier alpha value is -4.95. The summed E-state index contributed by atoms with van der Waals surface area (Å²) in [6.07, 6.45) is 0. The van der Waals surface area contributed by atoms with Gasteiger partial charge in [0.15, 0.2) is 0 Å². The molecule has 41 heavy (non-hydrogen) atoms. The van der Waals surface area contributed by atoms with E-state index in [4.69, 9.17) is 0 Å². The Morgan fingerprint density at radius 2 is 1.00 bits per heavy atom. The maximum atomic E-state index is 14.8. The Morgan fingerprint density at radius 1 is 0.488 bits per heavy atom. The van der Waals surface area contributed by atoms with Crippen LogP contribution in [0.2, 0.25) is 0 Å². The molecule has 0 saturated carbocycles. The molecular formula is C39H31NO. The second-order valence-electron chi connectivity index (χ2n) is 11.7. The van der Waals surface area contributed by atoms with Gasteiger partial charge in [-0.05, 0) is 50.6 Å². The first kappa shape index (κ1) is 25.0. The van der Waals surface area contributed by atoms with Crippen LogP contribution in [0, 0.1) is 0 Å². The highest BCUT2D eigenvalue weighted by Gasteiger charge is 2.24. The summed E-state index contributed by atoms with van der Waals surface area (Å²) in [5.74, 6) is 0. The predicted molar refractivity (Wildman–Crippen MR) is 174 cm³/mol. The first-order valence-electron chi connectivity index (χ1n) is 14.2. The fourth-order valence-corrected chi connectivity index (χ4v) is 6.14. The zero-order valence-electron chi connectivity index (χ0n) is 23.6. The van der Waals surface area contributed by atoms with Crippen LogP contribution in [-0.2, 0) is 5.41 Å². The quantitative estimate of drug-likeness (QED) is 0.165. The largest absolute Gasteiger partial charge is 0.274 e. The van der Waals surface area contributed by atoms with Crippen LogP contribution in [0.15, 0.2) is 138 Å². The summed E-state index contributed by atoms with van der Waals surface area (Å²) < 4.78 is 1.99. The fraction of sp³-hybridized carbons (Fsp3) is 0.103. The number of aromatic nitrogens is 1. The molecule has 198 valence electrons. The molecule has 0 bridgehead atoms. The van der Waals surface area contributed by atoms with Crippen molar-refractivity contribution >= 4 is 27.1 Å². The normalized spacial score (nSPS) is 11.9. The first-order chi connectivity index (χ1) is 19.9. The van der Waals surface area contributed by atoms with Gasteiger partial charge in [-0.25, -0.2) is 0 Å². The van der Waals surface area contributed by atoms with Crippen molar-refractivity contribution in [2.45, 2.75) is 26.2 Å². The van der Waals surface area contributed by atoms with Crippen LogP contribution >= 0.6 is 0 Å². The second kappa shape index (κ2) is 9.60. The lowest BCUT2D eigenvalue weighted by molar-refractivity contribution is 0.591. The second-order valence-corrected chi connectivity index (χ2v) is 11.7. The van der Waals surface area contributed by atoms with Crippen LogP contribution in [0.25, 0.3) is 60.6 Å². The van der Waals surface area contributed by atoms with Crippen LogP contribution in [0.5, 0.6) is 0 Å². The van der Waals surface area contributed by atoms with Crippen LogP contribution < -0.4 is 5.56 Å². The van der Waals surface area contributed by atoms with E-state index in [0.717, 1.165) is 60.6 Å². The van der Waals surface area contributed by atoms with Gasteiger partial charge >= 0.3 is 0 Å². The van der Waals surface area contributed by atoms with Gasteiger partial charge in [-0.2, -0.15) is 0 Å². The van der Waals surface area contributed by atoms with E-state index in [1.165, 1.54) is 5.56 Å². The molecule has 7 aromatic rings. The number of hydrogen-bond acceptors (Lipinski definition) is 1. The van der Waals surface area contributed by atoms with Crippen LogP contribution in [0.3, 0.4) is 0 Å². The third-order valence-electron chi connectivity index (χ3n) is 8.13. The molecule has 2 heteroatoms. The molecule has 0 radical (unpaired) electrons. The van der Waals surface area contributed by atoms with E-state index in [1.54, 1.807) is 0 Å². The topological polar surface area (TPSA) is 21.5 Å². The average molecular weight is 530 g/mol. The summed E-state index contributed by atoms with van der Waals surface area (Å²) in [5, 5.41) is 3.90. The molecule has 2 nitrogen and oxygen atoms in total. The molecule has 0 aliphatic rings. The zero-order valence-corrected chi connectivity index (χ0v) is 23.6. The van der Waals surface area contributed by atoms with Crippen molar-refractivity contribution in [3.63, 3.8) is 0 Å². The SMILES string of the molecule is CC(C)(C)c1ccc2c(=O)n3c(-c4ccccc4)c(-c4ccccc4)c4ccccc4c3c(-c3ccccc3)c2c1. The predicted octanol–water partition coefficient (Wildman–Crippen LogP) is 9.90. The number of benzene rings is 5. The molecule has 2 aromatic heterocycles. The highest BCUT2D eigenvalue weighted by Crippen LogP contribution is 2.44. The number of rotatable bonds is 3. The molecule has 0 spiro atoms. The monoisotopic (exact) mass is 529 g/mol. The zero-order chi connectivity index (χ0) is 28.1. The summed E-state index contributed by atoms with van der Waals surface area (Å²) in [7, 11) is 0. The lowest BCUT2D eigenvalue weighted by Crippen LogP contribution is -2.19. The Morgan fingerprint density at radius 3 is 1.59 bits per heavy atom. The van der Waals surface area contributed by atoms with Gasteiger partial charge in [-0.15, -0.1) is 0 Å². The third kappa shape index (κ3) is 4.06. The Balaban J connectivity index is 1.83. The van der Waals surface area contributed by atoms with Gasteiger partial charge in [0.25, 0.3) is 5.56 Å². The first-order valence-corrected chi connectivity index (χ1v) is 14.2. The van der Waals surface area contributed by atoms with Crippen molar-refractivity contribution in [1.82, 2.24) is 4.40 Å². The van der Waals surface area contributed by atoms with E-state index in [1.807, 2.05) is 40.8 Å². The molecule has 0 amide bonds. The molecule has 5 aromatic carbocycles. The summed E-state index contributed by atoms with van der Waals surface area (Å²) >= 11 is 0. The Kier molecular flexibility index (Phi) is 5.87. The maximum absolute atomic E-state index is 14.8. The van der Waals surface area contributed by atoms with E-state index in [0.29, 0.717) is 0 Å². The van der Waals surface area contributed by atoms with E-state index >= 15 is 0 Å². The van der Waals surface area contributed by atoms with Crippen LogP contribution in [-0.4, -0.2) is 4.40 Å². The number of hydrogen-bond donors (Lipinski definition) is 0. The van der Waals surface area contributed by atoms with Gasteiger partial charge in [0, 0.05) is 21.9 Å². The van der Waals surface area contributed by atoms with Gasteiger partial charge in [0.1, 0.15) is 0 Å². The summed E-state index contributed by atoms with van der Waals surface area (Å²) in [4.78, 5) is 14.8. The molecule has 0 saturated heterocycles. The number of pyridine rings is 2. The van der Waals surface area contributed by atoms with Gasteiger partial charge in [0.05, 0.1) is 11.2 Å². The van der Waals surface area contributed by atoms with Gasteiger partial charge < -0.3 is 0 Å². The standard InChI is InChI=1S/C39H31NO/c1-39(2,3)29-23-24-32-33(25-29)35(27-17-9-5-10-18-27)37-31-22-14-13-21-30(31)34(26-15-7-4-8-16-26)36(40(37)38(32)41)28-19-11-6-12-20-28/h4-25H,1-3H3. The molecule has 7 rings (SSSR count). The molecule has 0 unspecified atom stereocenters. The van der Waals surface area contributed by atoms with Crippen molar-refractivity contribution in [3.05, 3.63) is 149 Å². The summed E-state index contributed by atoms with van der Waals surface area (Å²) in [5.41, 5.74) is 8.33. The van der Waals surface area contributed by atoms with Gasteiger partial charge in [-0.3, -0.25) is 9.20 Å². The molecule has 0 atom stereocenters. The van der Waals surface area contributed by atoms with E-state index in [2.05, 4.69) is 118 Å². The lowest BCUT2D eigenvalue weighted by atomic mass is 9.84. The minimum atomic E-state index is -0.0538. The van der Waals surface area contributed by atoms with E-state index in [-0.39, 0.29) is 11.0 Å². The summed E-state index contributed by atoms with van der Waals surface area (Å²) in [6, 6.07) is 46.2. The van der Waals surface area contributed by atoms with Crippen molar-refractivity contribution in [2.75, 3.05) is 0 Å². The Labute approximate surface area is 240 Å². The van der Waals surface area contributed by atoms with Crippen molar-refractivity contribution in [2.24, 2.45) is 0 Å². The summed E-state index contributed by atoms with van der Waals surface area (Å²) in [6.45, 7) is 6.66. The smallest absolute Gasteiger partial charge is 0.263 e. The minimum Gasteiger partial charge on any atom is -0.274 e. The number of nitrogens with zero attached hydrogens (tertiary/aromatic N) is 1. The van der Waals surface area contributed by atoms with E-state index < -0.39 is 0 Å². The fourth-order valence-electron chi connectivity index (χ4n) is 6.14. The van der Waals surface area contributed by atoms with E-state index in [9.17, 15) is 4.79 Å². The molecule has 0 N–H and O–H groups in total. The molecule has 0 aliphatic carbocycles. The molecule has 2 heterocycles. The third-order valence-corrected chi connectivity index (χ3v) is 8.13.